The first-order chi connectivity index (χ1) is 20.6. The average molecular weight is 600 g/mol. The largest absolute Gasteiger partial charge is 0.423 e. The number of hydrazine groups is 1. The van der Waals surface area contributed by atoms with Crippen LogP contribution in [0.25, 0.3) is 0 Å². The number of esters is 1. The molecule has 3 amide bonds. The normalized spacial score (nSPS) is 21.6. The van der Waals surface area contributed by atoms with Crippen LogP contribution in [0.15, 0.2) is 84.9 Å². The molecule has 1 saturated heterocycles. The van der Waals surface area contributed by atoms with E-state index in [2.05, 4.69) is 0 Å². The van der Waals surface area contributed by atoms with Crippen molar-refractivity contribution in [3.63, 3.8) is 0 Å². The van der Waals surface area contributed by atoms with E-state index in [1.807, 2.05) is 12.2 Å². The summed E-state index contributed by atoms with van der Waals surface area (Å²) >= 11 is 5.97. The molecular formula is C31H22ClN3O8. The molecule has 3 aromatic carbocycles. The molecule has 4 atom stereocenters. The number of imide groups is 1. The highest BCUT2D eigenvalue weighted by molar-refractivity contribution is 6.30. The molecule has 6 rings (SSSR count). The van der Waals surface area contributed by atoms with Crippen LogP contribution in [0.1, 0.15) is 37.5 Å². The minimum absolute atomic E-state index is 0.0825. The standard InChI is InChI=1S/C31H22ClN3O8/c32-22-9-3-18(4-10-22)28(37)33(34-29(38)26-20-1-2-21(15-20)27(26)30(34)39)16-25(36)17-7-13-24(14-8-17)43-31(40)19-5-11-23(12-6-19)35(41)42/h1-14,20-21,26-27H,15-16H2/t20-,21-,26+,27+/m0/s1. The van der Waals surface area contributed by atoms with Crippen LogP contribution in [0.3, 0.4) is 0 Å². The van der Waals surface area contributed by atoms with Gasteiger partial charge in [0.1, 0.15) is 12.3 Å². The van der Waals surface area contributed by atoms with Gasteiger partial charge in [0, 0.05) is 28.3 Å². The first kappa shape index (κ1) is 28.0. The monoisotopic (exact) mass is 599 g/mol. The van der Waals surface area contributed by atoms with Crippen molar-refractivity contribution in [3.8, 4) is 5.75 Å². The predicted molar refractivity (Wildman–Crippen MR) is 151 cm³/mol. The Morgan fingerprint density at radius 3 is 1.93 bits per heavy atom. The molecule has 1 aliphatic heterocycles. The number of benzene rings is 3. The van der Waals surface area contributed by atoms with Gasteiger partial charge in [-0.25, -0.2) is 9.80 Å². The molecule has 0 spiro atoms. The Bertz CT molecular complexity index is 1670. The van der Waals surface area contributed by atoms with E-state index in [-0.39, 0.29) is 40.0 Å². The molecule has 3 aromatic rings. The lowest BCUT2D eigenvalue weighted by molar-refractivity contribution is -0.384. The van der Waals surface area contributed by atoms with Crippen LogP contribution < -0.4 is 4.74 Å². The molecule has 11 nitrogen and oxygen atoms in total. The lowest BCUT2D eigenvalue weighted by atomic mass is 9.85. The number of allylic oxidation sites excluding steroid dienone is 2. The van der Waals surface area contributed by atoms with Crippen molar-refractivity contribution >= 4 is 46.8 Å². The van der Waals surface area contributed by atoms with Crippen LogP contribution >= 0.6 is 11.6 Å². The molecule has 0 N–H and O–H groups in total. The number of halogens is 1. The molecule has 1 heterocycles. The van der Waals surface area contributed by atoms with E-state index < -0.39 is 52.8 Å². The van der Waals surface area contributed by atoms with Gasteiger partial charge >= 0.3 is 5.97 Å². The number of rotatable bonds is 8. The van der Waals surface area contributed by atoms with Crippen molar-refractivity contribution in [2.75, 3.05) is 6.54 Å². The fourth-order valence-electron chi connectivity index (χ4n) is 5.92. The highest BCUT2D eigenvalue weighted by atomic mass is 35.5. The van der Waals surface area contributed by atoms with Crippen LogP contribution in [-0.4, -0.2) is 51.0 Å². The lowest BCUT2D eigenvalue weighted by Crippen LogP contribution is -2.52. The summed E-state index contributed by atoms with van der Waals surface area (Å²) in [6, 6.07) is 16.3. The quantitative estimate of drug-likeness (QED) is 0.0699. The van der Waals surface area contributed by atoms with Crippen molar-refractivity contribution in [1.82, 2.24) is 10.0 Å². The number of Topliss-reactive ketones (excluding diaryl/α,β-unsaturated/α-hetero) is 1. The molecule has 216 valence electrons. The third-order valence-electron chi connectivity index (χ3n) is 8.01. The summed E-state index contributed by atoms with van der Waals surface area (Å²) in [7, 11) is 0. The molecule has 2 bridgehead atoms. The van der Waals surface area contributed by atoms with Crippen molar-refractivity contribution in [3.05, 3.63) is 117 Å². The summed E-state index contributed by atoms with van der Waals surface area (Å²) < 4.78 is 5.30. The number of carbonyl (C=O) groups excluding carboxylic acids is 5. The number of nitro benzene ring substituents is 1. The summed E-state index contributed by atoms with van der Waals surface area (Å²) in [5, 5.41) is 12.9. The van der Waals surface area contributed by atoms with Crippen LogP contribution in [0.2, 0.25) is 5.02 Å². The number of nitrogens with zero attached hydrogens (tertiary/aromatic N) is 3. The summed E-state index contributed by atoms with van der Waals surface area (Å²) in [4.78, 5) is 76.8. The van der Waals surface area contributed by atoms with E-state index in [9.17, 15) is 34.1 Å². The summed E-state index contributed by atoms with van der Waals surface area (Å²) in [6.07, 6.45) is 4.59. The predicted octanol–water partition coefficient (Wildman–Crippen LogP) is 4.51. The van der Waals surface area contributed by atoms with E-state index in [1.54, 1.807) is 0 Å². The number of nitro groups is 1. The second kappa shape index (κ2) is 10.9. The fraction of sp³-hybridized carbons (Fsp3) is 0.194. The number of amides is 3. The van der Waals surface area contributed by atoms with Crippen molar-refractivity contribution in [2.24, 2.45) is 23.7 Å². The smallest absolute Gasteiger partial charge is 0.343 e. The number of ketones is 1. The van der Waals surface area contributed by atoms with Crippen molar-refractivity contribution < 1.29 is 33.6 Å². The number of hydrogen-bond donors (Lipinski definition) is 0. The van der Waals surface area contributed by atoms with Gasteiger partial charge in [-0.1, -0.05) is 23.8 Å². The highest BCUT2D eigenvalue weighted by Crippen LogP contribution is 2.52. The number of carbonyl (C=O) groups is 5. The lowest BCUT2D eigenvalue weighted by Gasteiger charge is -2.30. The molecule has 2 aliphatic carbocycles. The molecule has 0 radical (unpaired) electrons. The number of hydrogen-bond acceptors (Lipinski definition) is 8. The summed E-state index contributed by atoms with van der Waals surface area (Å²) in [6.45, 7) is -0.594. The maximum atomic E-state index is 13.6. The number of ether oxygens (including phenoxy) is 1. The van der Waals surface area contributed by atoms with Gasteiger partial charge in [0.05, 0.1) is 22.3 Å². The van der Waals surface area contributed by atoms with Gasteiger partial charge in [0.2, 0.25) is 0 Å². The number of fused-ring (bicyclic) bond motifs is 5. The van der Waals surface area contributed by atoms with Gasteiger partial charge in [-0.3, -0.25) is 29.3 Å². The van der Waals surface area contributed by atoms with Crippen molar-refractivity contribution in [1.29, 1.82) is 0 Å². The van der Waals surface area contributed by atoms with Crippen LogP contribution in [0.5, 0.6) is 5.75 Å². The van der Waals surface area contributed by atoms with E-state index >= 15 is 0 Å². The first-order valence-electron chi connectivity index (χ1n) is 13.4. The molecule has 3 aliphatic rings. The molecule has 2 fully saturated rings. The van der Waals surface area contributed by atoms with Crippen molar-refractivity contribution in [2.45, 2.75) is 6.42 Å². The Hall–Kier alpha value is -5.16. The number of non-ortho nitro benzene ring substituents is 1. The molecule has 1 saturated carbocycles. The SMILES string of the molecule is O=C(CN(C(=O)c1ccc(Cl)cc1)N1C(=O)[C@H]2[C@H](C1=O)[C@H]1C=C[C@H]2C1)c1ccc(OC(=O)c2ccc([N+](=O)[O-])cc2)cc1. The minimum Gasteiger partial charge on any atom is -0.423 e. The van der Waals surface area contributed by atoms with Crippen LogP contribution in [0, 0.1) is 33.8 Å². The van der Waals surface area contributed by atoms with Gasteiger partial charge < -0.3 is 4.74 Å². The Kier molecular flexibility index (Phi) is 7.10. The summed E-state index contributed by atoms with van der Waals surface area (Å²) in [5.41, 5.74) is 0.206. The van der Waals surface area contributed by atoms with E-state index in [1.165, 1.54) is 72.8 Å². The molecule has 12 heteroatoms. The Labute approximate surface area is 249 Å². The Balaban J connectivity index is 1.21. The zero-order valence-electron chi connectivity index (χ0n) is 22.3. The second-order valence-electron chi connectivity index (χ2n) is 10.5. The van der Waals surface area contributed by atoms with Gasteiger partial charge in [-0.15, -0.1) is 0 Å². The van der Waals surface area contributed by atoms with E-state index in [0.29, 0.717) is 11.4 Å². The Morgan fingerprint density at radius 2 is 1.37 bits per heavy atom. The van der Waals surface area contributed by atoms with E-state index in [0.717, 1.165) is 10.0 Å². The van der Waals surface area contributed by atoms with Gasteiger partial charge in [0.25, 0.3) is 23.4 Å². The first-order valence-corrected chi connectivity index (χ1v) is 13.7. The minimum atomic E-state index is -0.756. The van der Waals surface area contributed by atoms with Crippen LogP contribution in [0.4, 0.5) is 5.69 Å². The molecule has 43 heavy (non-hydrogen) atoms. The molecule has 0 aromatic heterocycles. The average Bonchev–Trinajstić information content (AvgIpc) is 3.70. The molecule has 0 unspecified atom stereocenters. The van der Waals surface area contributed by atoms with Gasteiger partial charge in [-0.2, -0.15) is 5.01 Å². The Morgan fingerprint density at radius 1 is 0.837 bits per heavy atom. The van der Waals surface area contributed by atoms with E-state index in [4.69, 9.17) is 16.3 Å². The highest BCUT2D eigenvalue weighted by Gasteiger charge is 2.61. The van der Waals surface area contributed by atoms with Gasteiger partial charge in [0.15, 0.2) is 5.78 Å². The van der Waals surface area contributed by atoms with Gasteiger partial charge in [-0.05, 0) is 78.9 Å². The third-order valence-corrected chi connectivity index (χ3v) is 8.26. The zero-order chi connectivity index (χ0) is 30.4. The zero-order valence-corrected chi connectivity index (χ0v) is 23.0. The topological polar surface area (TPSA) is 144 Å². The third kappa shape index (κ3) is 5.08. The fourth-order valence-corrected chi connectivity index (χ4v) is 6.05. The summed E-state index contributed by atoms with van der Waals surface area (Å²) in [5.74, 6) is -4.23. The molecular weight excluding hydrogens is 578 g/mol. The maximum absolute atomic E-state index is 13.6. The van der Waals surface area contributed by atoms with Crippen LogP contribution in [-0.2, 0) is 9.59 Å². The second-order valence-corrected chi connectivity index (χ2v) is 10.9. The maximum Gasteiger partial charge on any atom is 0.343 e.